The lowest BCUT2D eigenvalue weighted by Crippen LogP contribution is -2.58. The highest BCUT2D eigenvalue weighted by Gasteiger charge is 2.40. The first-order chi connectivity index (χ1) is 11.6. The second-order valence-corrected chi connectivity index (χ2v) is 5.91. The van der Waals surface area contributed by atoms with Gasteiger partial charge in [-0.1, -0.05) is 15.9 Å². The fourth-order valence-corrected chi connectivity index (χ4v) is 2.47. The second-order valence-electron chi connectivity index (χ2n) is 4.99. The Morgan fingerprint density at radius 1 is 1.21 bits per heavy atom. The first kappa shape index (κ1) is 16.1. The molecule has 24 heavy (non-hydrogen) atoms. The molecular weight excluding hydrogens is 378 g/mol. The van der Waals surface area contributed by atoms with Crippen LogP contribution in [0.2, 0.25) is 0 Å². The zero-order valence-corrected chi connectivity index (χ0v) is 13.9. The number of furan rings is 1. The normalized spacial score (nSPS) is 18.3. The summed E-state index contributed by atoms with van der Waals surface area (Å²) < 4.78 is 5.94. The molecule has 0 bridgehead atoms. The number of carbonyl (C=O) groups excluding carboxylic acids is 3. The fraction of sp³-hybridized carbons (Fsp3) is 0.125. The first-order valence-corrected chi connectivity index (χ1v) is 7.82. The third-order valence-corrected chi connectivity index (χ3v) is 3.90. The monoisotopic (exact) mass is 389 g/mol. The SMILES string of the molecule is O=C1NC(=O)N(c2ccc(Br)cc2)C(=O)[C@H]1C=NCc1ccco1. The largest absolute Gasteiger partial charge is 0.467 e. The van der Waals surface area contributed by atoms with Gasteiger partial charge in [-0.2, -0.15) is 0 Å². The van der Waals surface area contributed by atoms with Gasteiger partial charge >= 0.3 is 6.03 Å². The molecule has 1 N–H and O–H groups in total. The van der Waals surface area contributed by atoms with Crippen molar-refractivity contribution in [2.75, 3.05) is 4.90 Å². The standard InChI is InChI=1S/C16H12BrN3O4/c17-10-3-5-11(6-4-10)20-15(22)13(14(21)19-16(20)23)9-18-8-12-2-1-7-24-12/h1-7,9,13H,8H2,(H,19,21,23)/t13-/m0/s1. The molecule has 3 rings (SSSR count). The molecular formula is C16H12BrN3O4. The van der Waals surface area contributed by atoms with Gasteiger partial charge in [-0.25, -0.2) is 9.69 Å². The number of amides is 4. The molecule has 7 nitrogen and oxygen atoms in total. The summed E-state index contributed by atoms with van der Waals surface area (Å²) in [5.41, 5.74) is 0.373. The number of hydrogen-bond donors (Lipinski definition) is 1. The highest BCUT2D eigenvalue weighted by molar-refractivity contribution is 9.10. The van der Waals surface area contributed by atoms with Gasteiger partial charge < -0.3 is 4.42 Å². The molecule has 0 unspecified atom stereocenters. The van der Waals surface area contributed by atoms with E-state index in [1.54, 1.807) is 36.4 Å². The third kappa shape index (κ3) is 3.28. The molecule has 2 aromatic rings. The predicted molar refractivity (Wildman–Crippen MR) is 89.6 cm³/mol. The van der Waals surface area contributed by atoms with E-state index in [-0.39, 0.29) is 6.54 Å². The van der Waals surface area contributed by atoms with E-state index in [2.05, 4.69) is 26.2 Å². The Hall–Kier alpha value is -2.74. The van der Waals surface area contributed by atoms with Crippen molar-refractivity contribution in [3.8, 4) is 0 Å². The molecule has 0 saturated carbocycles. The number of aliphatic imine (C=N–C) groups is 1. The molecule has 1 aromatic carbocycles. The minimum Gasteiger partial charge on any atom is -0.467 e. The van der Waals surface area contributed by atoms with Crippen LogP contribution in [0.1, 0.15) is 5.76 Å². The van der Waals surface area contributed by atoms with Crippen molar-refractivity contribution >= 4 is 45.7 Å². The zero-order valence-electron chi connectivity index (χ0n) is 12.3. The maximum Gasteiger partial charge on any atom is 0.335 e. The Balaban J connectivity index is 1.80. The highest BCUT2D eigenvalue weighted by Crippen LogP contribution is 2.22. The van der Waals surface area contributed by atoms with Crippen molar-refractivity contribution in [1.82, 2.24) is 5.32 Å². The van der Waals surface area contributed by atoms with Crippen LogP contribution in [0.25, 0.3) is 0 Å². The van der Waals surface area contributed by atoms with Gasteiger partial charge in [0.2, 0.25) is 5.91 Å². The smallest absolute Gasteiger partial charge is 0.335 e. The van der Waals surface area contributed by atoms with Crippen LogP contribution < -0.4 is 10.2 Å². The number of rotatable bonds is 4. The summed E-state index contributed by atoms with van der Waals surface area (Å²) in [7, 11) is 0. The minimum atomic E-state index is -1.17. The number of nitrogens with one attached hydrogen (secondary N) is 1. The Kier molecular flexibility index (Phi) is 4.57. The van der Waals surface area contributed by atoms with Gasteiger partial charge in [0.25, 0.3) is 5.91 Å². The zero-order chi connectivity index (χ0) is 17.1. The van der Waals surface area contributed by atoms with Crippen molar-refractivity contribution < 1.29 is 18.8 Å². The van der Waals surface area contributed by atoms with Crippen LogP contribution in [0.15, 0.2) is 56.5 Å². The van der Waals surface area contributed by atoms with Crippen LogP contribution in [0.3, 0.4) is 0 Å². The van der Waals surface area contributed by atoms with E-state index in [9.17, 15) is 14.4 Å². The van der Waals surface area contributed by atoms with E-state index in [0.717, 1.165) is 9.37 Å². The summed E-state index contributed by atoms with van der Waals surface area (Å²) in [5, 5.41) is 2.17. The maximum absolute atomic E-state index is 12.5. The lowest BCUT2D eigenvalue weighted by Gasteiger charge is -2.28. The second kappa shape index (κ2) is 6.79. The van der Waals surface area contributed by atoms with E-state index < -0.39 is 23.8 Å². The lowest BCUT2D eigenvalue weighted by atomic mass is 10.1. The third-order valence-electron chi connectivity index (χ3n) is 3.37. The van der Waals surface area contributed by atoms with Crippen LogP contribution >= 0.6 is 15.9 Å². The summed E-state index contributed by atoms with van der Waals surface area (Å²) in [5.74, 6) is -1.90. The molecule has 8 heteroatoms. The van der Waals surface area contributed by atoms with Gasteiger partial charge in [0, 0.05) is 10.7 Å². The Labute approximate surface area is 145 Å². The van der Waals surface area contributed by atoms with Crippen molar-refractivity contribution in [1.29, 1.82) is 0 Å². The van der Waals surface area contributed by atoms with Crippen LogP contribution in [0, 0.1) is 5.92 Å². The van der Waals surface area contributed by atoms with Gasteiger partial charge in [0.05, 0.1) is 18.5 Å². The number of imide groups is 2. The number of halogens is 1. The van der Waals surface area contributed by atoms with Gasteiger partial charge in [0.15, 0.2) is 5.92 Å². The van der Waals surface area contributed by atoms with Crippen molar-refractivity contribution in [2.24, 2.45) is 10.9 Å². The lowest BCUT2D eigenvalue weighted by molar-refractivity contribution is -0.131. The van der Waals surface area contributed by atoms with Gasteiger partial charge in [-0.05, 0) is 36.4 Å². The number of carbonyl (C=O) groups is 3. The summed E-state index contributed by atoms with van der Waals surface area (Å²) in [6, 6.07) is 9.29. The Morgan fingerprint density at radius 2 is 1.96 bits per heavy atom. The summed E-state index contributed by atoms with van der Waals surface area (Å²) in [4.78, 5) is 41.5. The van der Waals surface area contributed by atoms with Crippen LogP contribution in [0.5, 0.6) is 0 Å². The number of barbiturate groups is 1. The number of nitrogens with zero attached hydrogens (tertiary/aromatic N) is 2. The van der Waals surface area contributed by atoms with Gasteiger partial charge in [-0.3, -0.25) is 19.9 Å². The summed E-state index contributed by atoms with van der Waals surface area (Å²) in [6.07, 6.45) is 2.75. The van der Waals surface area contributed by atoms with E-state index in [1.807, 2.05) is 0 Å². The Morgan fingerprint density at radius 3 is 2.62 bits per heavy atom. The molecule has 1 aliphatic rings. The first-order valence-electron chi connectivity index (χ1n) is 7.03. The molecule has 0 aliphatic carbocycles. The topological polar surface area (TPSA) is 92.0 Å². The molecule has 4 amide bonds. The molecule has 1 aromatic heterocycles. The van der Waals surface area contributed by atoms with Crippen LogP contribution in [-0.2, 0) is 16.1 Å². The van der Waals surface area contributed by atoms with E-state index in [1.165, 1.54) is 12.5 Å². The molecule has 1 aliphatic heterocycles. The number of benzene rings is 1. The number of urea groups is 1. The number of hydrogen-bond acceptors (Lipinski definition) is 5. The van der Waals surface area contributed by atoms with E-state index in [0.29, 0.717) is 11.4 Å². The predicted octanol–water partition coefficient (Wildman–Crippen LogP) is 2.51. The van der Waals surface area contributed by atoms with Gasteiger partial charge in [-0.15, -0.1) is 0 Å². The molecule has 0 radical (unpaired) electrons. The average Bonchev–Trinajstić information content (AvgIpc) is 3.05. The summed E-state index contributed by atoms with van der Waals surface area (Å²) in [6.45, 7) is 0.205. The molecule has 122 valence electrons. The molecule has 1 atom stereocenters. The minimum absolute atomic E-state index is 0.205. The summed E-state index contributed by atoms with van der Waals surface area (Å²) >= 11 is 3.29. The molecule has 0 spiro atoms. The average molecular weight is 390 g/mol. The molecule has 1 saturated heterocycles. The molecule has 2 heterocycles. The number of anilines is 1. The quantitative estimate of drug-likeness (QED) is 0.642. The van der Waals surface area contributed by atoms with Crippen molar-refractivity contribution in [3.63, 3.8) is 0 Å². The fourth-order valence-electron chi connectivity index (χ4n) is 2.21. The highest BCUT2D eigenvalue weighted by atomic mass is 79.9. The molecule has 1 fully saturated rings. The van der Waals surface area contributed by atoms with E-state index in [4.69, 9.17) is 4.42 Å². The van der Waals surface area contributed by atoms with Crippen molar-refractivity contribution in [2.45, 2.75) is 6.54 Å². The van der Waals surface area contributed by atoms with Crippen molar-refractivity contribution in [3.05, 3.63) is 52.9 Å². The van der Waals surface area contributed by atoms with Gasteiger partial charge in [0.1, 0.15) is 5.76 Å². The van der Waals surface area contributed by atoms with Crippen LogP contribution in [-0.4, -0.2) is 24.1 Å². The Bertz CT molecular complexity index is 799. The maximum atomic E-state index is 12.5. The van der Waals surface area contributed by atoms with Crippen LogP contribution in [0.4, 0.5) is 10.5 Å². The van der Waals surface area contributed by atoms with E-state index >= 15 is 0 Å².